The van der Waals surface area contributed by atoms with Gasteiger partial charge < -0.3 is 10.3 Å². The van der Waals surface area contributed by atoms with Crippen molar-refractivity contribution in [2.75, 3.05) is 38.7 Å². The number of anilines is 1. The molecule has 0 radical (unpaired) electrons. The van der Waals surface area contributed by atoms with Crippen LogP contribution in [-0.4, -0.2) is 48.1 Å². The van der Waals surface area contributed by atoms with E-state index in [9.17, 15) is 0 Å². The molecule has 1 aromatic heterocycles. The Hall–Kier alpha value is -1.13. The second-order valence-corrected chi connectivity index (χ2v) is 3.62. The standard InChI is InChI=1S/C10H16N4/c1-13-6-8-14(9-7-13)12-10-4-2-3-5-11-10/h2-5H,6-9H2,1H3,(H,11,12). The lowest BCUT2D eigenvalue weighted by molar-refractivity contribution is 0.178. The monoisotopic (exact) mass is 192 g/mol. The number of hydrogen-bond donors (Lipinski definition) is 1. The lowest BCUT2D eigenvalue weighted by Crippen LogP contribution is -2.47. The van der Waals surface area contributed by atoms with E-state index in [1.54, 1.807) is 6.20 Å². The number of likely N-dealkylation sites (N-methyl/N-ethyl adjacent to an activating group) is 1. The molecular weight excluding hydrogens is 176 g/mol. The molecule has 0 spiro atoms. The molecule has 0 amide bonds. The number of rotatable bonds is 2. The highest BCUT2D eigenvalue weighted by Crippen LogP contribution is 2.04. The maximum atomic E-state index is 4.23. The molecule has 1 aliphatic heterocycles. The van der Waals surface area contributed by atoms with Crippen LogP contribution in [0.5, 0.6) is 0 Å². The zero-order valence-electron chi connectivity index (χ0n) is 8.48. The molecule has 0 saturated carbocycles. The third kappa shape index (κ3) is 2.43. The maximum absolute atomic E-state index is 4.23. The first-order chi connectivity index (χ1) is 6.84. The summed E-state index contributed by atoms with van der Waals surface area (Å²) in [5, 5.41) is 2.21. The highest BCUT2D eigenvalue weighted by atomic mass is 15.5. The molecule has 4 nitrogen and oxygen atoms in total. The third-order valence-corrected chi connectivity index (χ3v) is 2.44. The molecule has 2 heterocycles. The van der Waals surface area contributed by atoms with Gasteiger partial charge in [0.1, 0.15) is 5.82 Å². The number of hydrazine groups is 1. The number of hydrogen-bond acceptors (Lipinski definition) is 4. The van der Waals surface area contributed by atoms with Crippen LogP contribution in [0.15, 0.2) is 24.4 Å². The highest BCUT2D eigenvalue weighted by molar-refractivity contribution is 5.31. The van der Waals surface area contributed by atoms with E-state index in [0.717, 1.165) is 32.0 Å². The van der Waals surface area contributed by atoms with Gasteiger partial charge in [0.05, 0.1) is 0 Å². The molecule has 0 aromatic carbocycles. The van der Waals surface area contributed by atoms with Crippen molar-refractivity contribution >= 4 is 5.82 Å². The Bertz CT molecular complexity index is 267. The summed E-state index contributed by atoms with van der Waals surface area (Å²) in [6.07, 6.45) is 1.80. The van der Waals surface area contributed by atoms with Gasteiger partial charge in [-0.05, 0) is 19.2 Å². The molecule has 2 rings (SSSR count). The SMILES string of the molecule is CN1CCN(Nc2ccccn2)CC1. The lowest BCUT2D eigenvalue weighted by atomic mass is 10.4. The average molecular weight is 192 g/mol. The van der Waals surface area contributed by atoms with Gasteiger partial charge in [-0.2, -0.15) is 0 Å². The molecule has 1 aromatic rings. The topological polar surface area (TPSA) is 31.4 Å². The molecule has 0 unspecified atom stereocenters. The van der Waals surface area contributed by atoms with Crippen LogP contribution in [0.1, 0.15) is 0 Å². The van der Waals surface area contributed by atoms with E-state index in [-0.39, 0.29) is 0 Å². The maximum Gasteiger partial charge on any atom is 0.140 e. The Labute approximate surface area is 84.5 Å². The molecule has 0 aliphatic carbocycles. The van der Waals surface area contributed by atoms with E-state index in [2.05, 4.69) is 27.4 Å². The van der Waals surface area contributed by atoms with E-state index in [0.29, 0.717) is 0 Å². The Morgan fingerprint density at radius 3 is 2.64 bits per heavy atom. The number of nitrogens with one attached hydrogen (secondary N) is 1. The zero-order valence-corrected chi connectivity index (χ0v) is 8.48. The smallest absolute Gasteiger partial charge is 0.140 e. The predicted molar refractivity (Wildman–Crippen MR) is 56.9 cm³/mol. The number of piperazine rings is 1. The van der Waals surface area contributed by atoms with Gasteiger partial charge in [-0.15, -0.1) is 0 Å². The highest BCUT2D eigenvalue weighted by Gasteiger charge is 2.13. The summed E-state index contributed by atoms with van der Waals surface area (Å²) in [5.74, 6) is 0.928. The van der Waals surface area contributed by atoms with Crippen molar-refractivity contribution in [3.05, 3.63) is 24.4 Å². The minimum Gasteiger partial charge on any atom is -0.304 e. The van der Waals surface area contributed by atoms with Crippen LogP contribution >= 0.6 is 0 Å². The molecule has 4 heteroatoms. The van der Waals surface area contributed by atoms with Crippen molar-refractivity contribution in [2.45, 2.75) is 0 Å². The zero-order chi connectivity index (χ0) is 9.80. The fourth-order valence-corrected chi connectivity index (χ4v) is 1.51. The molecule has 1 saturated heterocycles. The quantitative estimate of drug-likeness (QED) is 0.745. The molecule has 14 heavy (non-hydrogen) atoms. The fourth-order valence-electron chi connectivity index (χ4n) is 1.51. The molecule has 0 bridgehead atoms. The van der Waals surface area contributed by atoms with Crippen LogP contribution in [-0.2, 0) is 0 Å². The van der Waals surface area contributed by atoms with Crippen LogP contribution in [0, 0.1) is 0 Å². The van der Waals surface area contributed by atoms with Crippen LogP contribution in [0.25, 0.3) is 0 Å². The lowest BCUT2D eigenvalue weighted by Gasteiger charge is -2.32. The summed E-state index contributed by atoms with van der Waals surface area (Å²) in [6, 6.07) is 5.90. The third-order valence-electron chi connectivity index (χ3n) is 2.44. The van der Waals surface area contributed by atoms with E-state index in [4.69, 9.17) is 0 Å². The van der Waals surface area contributed by atoms with Gasteiger partial charge in [0.25, 0.3) is 0 Å². The van der Waals surface area contributed by atoms with E-state index >= 15 is 0 Å². The molecule has 1 N–H and O–H groups in total. The summed E-state index contributed by atoms with van der Waals surface area (Å²) in [4.78, 5) is 6.56. The number of nitrogens with zero attached hydrogens (tertiary/aromatic N) is 3. The Kier molecular flexibility index (Phi) is 2.96. The average Bonchev–Trinajstić information content (AvgIpc) is 2.23. The van der Waals surface area contributed by atoms with Crippen LogP contribution in [0.2, 0.25) is 0 Å². The molecular formula is C10H16N4. The first kappa shape index (κ1) is 9.43. The normalized spacial score (nSPS) is 19.5. The van der Waals surface area contributed by atoms with Gasteiger partial charge in [-0.3, -0.25) is 0 Å². The van der Waals surface area contributed by atoms with Crippen molar-refractivity contribution in [3.8, 4) is 0 Å². The van der Waals surface area contributed by atoms with E-state index < -0.39 is 0 Å². The number of aromatic nitrogens is 1. The largest absolute Gasteiger partial charge is 0.304 e. The van der Waals surface area contributed by atoms with Crippen molar-refractivity contribution in [3.63, 3.8) is 0 Å². The van der Waals surface area contributed by atoms with Gasteiger partial charge in [-0.1, -0.05) is 6.07 Å². The van der Waals surface area contributed by atoms with Gasteiger partial charge in [0.15, 0.2) is 0 Å². The summed E-state index contributed by atoms with van der Waals surface area (Å²) in [5.41, 5.74) is 3.30. The summed E-state index contributed by atoms with van der Waals surface area (Å²) in [6.45, 7) is 4.32. The first-order valence-electron chi connectivity index (χ1n) is 4.96. The molecule has 0 atom stereocenters. The van der Waals surface area contributed by atoms with E-state index in [1.807, 2.05) is 18.2 Å². The second kappa shape index (κ2) is 4.39. The van der Waals surface area contributed by atoms with Crippen molar-refractivity contribution in [1.29, 1.82) is 0 Å². The van der Waals surface area contributed by atoms with Crippen LogP contribution in [0.4, 0.5) is 5.82 Å². The van der Waals surface area contributed by atoms with Gasteiger partial charge >= 0.3 is 0 Å². The summed E-state index contributed by atoms with van der Waals surface area (Å²) in [7, 11) is 2.15. The summed E-state index contributed by atoms with van der Waals surface area (Å²) < 4.78 is 0. The summed E-state index contributed by atoms with van der Waals surface area (Å²) >= 11 is 0. The van der Waals surface area contributed by atoms with Crippen molar-refractivity contribution < 1.29 is 0 Å². The molecule has 76 valence electrons. The minimum atomic E-state index is 0.928. The van der Waals surface area contributed by atoms with Crippen LogP contribution < -0.4 is 5.43 Å². The Morgan fingerprint density at radius 1 is 1.21 bits per heavy atom. The Balaban J connectivity index is 1.87. The van der Waals surface area contributed by atoms with Gasteiger partial charge in [0, 0.05) is 32.4 Å². The fraction of sp³-hybridized carbons (Fsp3) is 0.500. The Morgan fingerprint density at radius 2 is 2.00 bits per heavy atom. The molecule has 1 fully saturated rings. The van der Waals surface area contributed by atoms with Gasteiger partial charge in [0.2, 0.25) is 0 Å². The number of pyridine rings is 1. The minimum absolute atomic E-state index is 0.928. The van der Waals surface area contributed by atoms with E-state index in [1.165, 1.54) is 0 Å². The second-order valence-electron chi connectivity index (χ2n) is 3.62. The predicted octanol–water partition coefficient (Wildman–Crippen LogP) is 0.656. The van der Waals surface area contributed by atoms with Crippen molar-refractivity contribution in [1.82, 2.24) is 14.9 Å². The molecule has 1 aliphatic rings. The first-order valence-corrected chi connectivity index (χ1v) is 4.96. The van der Waals surface area contributed by atoms with Crippen molar-refractivity contribution in [2.24, 2.45) is 0 Å². The van der Waals surface area contributed by atoms with Crippen LogP contribution in [0.3, 0.4) is 0 Å². The van der Waals surface area contributed by atoms with Gasteiger partial charge in [-0.25, -0.2) is 9.99 Å².